The number of rotatable bonds is 6. The number of thioether (sulfide) groups is 1. The van der Waals surface area contributed by atoms with Crippen molar-refractivity contribution in [2.24, 2.45) is 0 Å². The summed E-state index contributed by atoms with van der Waals surface area (Å²) in [6.45, 7) is 0. The van der Waals surface area contributed by atoms with Crippen LogP contribution in [0.5, 0.6) is 0 Å². The van der Waals surface area contributed by atoms with Gasteiger partial charge in [0.15, 0.2) is 0 Å². The van der Waals surface area contributed by atoms with E-state index >= 15 is 0 Å². The van der Waals surface area contributed by atoms with Crippen LogP contribution in [0, 0.1) is 0 Å². The molecule has 0 spiro atoms. The smallest absolute Gasteiger partial charge is 0.227 e. The molecule has 0 saturated carbocycles. The fourth-order valence-electron chi connectivity index (χ4n) is 1.72. The van der Waals surface area contributed by atoms with E-state index in [9.17, 15) is 9.90 Å². The zero-order valence-electron chi connectivity index (χ0n) is 11.0. The van der Waals surface area contributed by atoms with Crippen LogP contribution in [0.3, 0.4) is 0 Å². The van der Waals surface area contributed by atoms with Crippen LogP contribution in [-0.2, 0) is 4.79 Å². The molecule has 2 N–H and O–H groups in total. The predicted octanol–water partition coefficient (Wildman–Crippen LogP) is 3.17. The molecule has 2 rings (SSSR count). The Hall–Kier alpha value is -1.78. The largest absolute Gasteiger partial charge is 0.392 e. The summed E-state index contributed by atoms with van der Waals surface area (Å²) in [7, 11) is 0. The summed E-state index contributed by atoms with van der Waals surface area (Å²) in [4.78, 5) is 12.8. The van der Waals surface area contributed by atoms with Crippen LogP contribution in [0.4, 0.5) is 5.69 Å². The molecule has 0 aromatic heterocycles. The lowest BCUT2D eigenvalue weighted by molar-refractivity contribution is -0.117. The monoisotopic (exact) mass is 287 g/mol. The fourth-order valence-corrected chi connectivity index (χ4v) is 2.57. The highest BCUT2D eigenvalue weighted by molar-refractivity contribution is 7.99. The van der Waals surface area contributed by atoms with Gasteiger partial charge >= 0.3 is 0 Å². The number of aliphatic hydroxyl groups excluding tert-OH is 1. The standard InChI is InChI=1S/C16H17NO2S/c18-14(12-20-15-9-5-2-6-10-15)11-16(19)17-13-7-3-1-4-8-13/h1-10,14,18H,11-12H2,(H,17,19). The molecular weight excluding hydrogens is 270 g/mol. The first-order valence-corrected chi connectivity index (χ1v) is 7.43. The summed E-state index contributed by atoms with van der Waals surface area (Å²) in [5, 5.41) is 12.6. The number of hydrogen-bond acceptors (Lipinski definition) is 3. The molecule has 3 nitrogen and oxygen atoms in total. The minimum absolute atomic E-state index is 0.106. The molecule has 1 amide bonds. The second-order valence-corrected chi connectivity index (χ2v) is 5.49. The minimum atomic E-state index is -0.649. The quantitative estimate of drug-likeness (QED) is 0.802. The Kier molecular flexibility index (Phi) is 5.65. The number of amides is 1. The third-order valence-corrected chi connectivity index (χ3v) is 3.82. The maximum atomic E-state index is 11.8. The number of carbonyl (C=O) groups excluding carboxylic acids is 1. The van der Waals surface area contributed by atoms with Crippen LogP contribution in [0.25, 0.3) is 0 Å². The Labute approximate surface area is 123 Å². The van der Waals surface area contributed by atoms with E-state index in [4.69, 9.17) is 0 Å². The molecule has 0 saturated heterocycles. The lowest BCUT2D eigenvalue weighted by Gasteiger charge is -2.10. The van der Waals surface area contributed by atoms with Gasteiger partial charge in [-0.3, -0.25) is 4.79 Å². The normalized spacial score (nSPS) is 11.8. The number of hydrogen-bond donors (Lipinski definition) is 2. The Morgan fingerprint density at radius 3 is 2.30 bits per heavy atom. The SMILES string of the molecule is O=C(CC(O)CSc1ccccc1)Nc1ccccc1. The van der Waals surface area contributed by atoms with E-state index in [0.29, 0.717) is 5.75 Å². The zero-order chi connectivity index (χ0) is 14.2. The summed E-state index contributed by atoms with van der Waals surface area (Å²) in [5.41, 5.74) is 0.750. The van der Waals surface area contributed by atoms with Crippen LogP contribution in [0.2, 0.25) is 0 Å². The Morgan fingerprint density at radius 2 is 1.65 bits per heavy atom. The summed E-state index contributed by atoms with van der Waals surface area (Å²) in [6, 6.07) is 19.1. The highest BCUT2D eigenvalue weighted by atomic mass is 32.2. The van der Waals surface area contributed by atoms with Crippen LogP contribution < -0.4 is 5.32 Å². The van der Waals surface area contributed by atoms with Gasteiger partial charge < -0.3 is 10.4 Å². The van der Waals surface area contributed by atoms with Crippen molar-refractivity contribution in [3.05, 3.63) is 60.7 Å². The molecular formula is C16H17NO2S. The second-order valence-electron chi connectivity index (χ2n) is 4.40. The number of anilines is 1. The van der Waals surface area contributed by atoms with Crippen molar-refractivity contribution in [2.45, 2.75) is 17.4 Å². The van der Waals surface area contributed by atoms with Gasteiger partial charge in [0.1, 0.15) is 0 Å². The van der Waals surface area contributed by atoms with Crippen LogP contribution in [0.15, 0.2) is 65.6 Å². The topological polar surface area (TPSA) is 49.3 Å². The third-order valence-electron chi connectivity index (χ3n) is 2.66. The molecule has 2 aromatic rings. The maximum Gasteiger partial charge on any atom is 0.227 e. The molecule has 4 heteroatoms. The van der Waals surface area contributed by atoms with Crippen molar-refractivity contribution in [3.63, 3.8) is 0 Å². The number of aliphatic hydroxyl groups is 1. The molecule has 104 valence electrons. The van der Waals surface area contributed by atoms with E-state index in [1.807, 2.05) is 60.7 Å². The number of benzene rings is 2. The molecule has 0 heterocycles. The highest BCUT2D eigenvalue weighted by Gasteiger charge is 2.11. The maximum absolute atomic E-state index is 11.8. The number of carbonyl (C=O) groups is 1. The first kappa shape index (κ1) is 14.6. The van der Waals surface area contributed by atoms with Crippen molar-refractivity contribution < 1.29 is 9.90 Å². The molecule has 0 bridgehead atoms. The Morgan fingerprint density at radius 1 is 1.05 bits per heavy atom. The second kappa shape index (κ2) is 7.72. The molecule has 0 fully saturated rings. The van der Waals surface area contributed by atoms with Crippen molar-refractivity contribution in [2.75, 3.05) is 11.1 Å². The average Bonchev–Trinajstić information content (AvgIpc) is 2.47. The number of nitrogens with one attached hydrogen (secondary N) is 1. The van der Waals surface area contributed by atoms with Crippen molar-refractivity contribution in [1.82, 2.24) is 0 Å². The van der Waals surface area contributed by atoms with Gasteiger partial charge in [0.05, 0.1) is 12.5 Å². The third kappa shape index (κ3) is 5.07. The summed E-state index contributed by atoms with van der Waals surface area (Å²) < 4.78 is 0. The van der Waals surface area contributed by atoms with E-state index in [1.165, 1.54) is 0 Å². The van der Waals surface area contributed by atoms with Crippen molar-refractivity contribution in [1.29, 1.82) is 0 Å². The summed E-state index contributed by atoms with van der Waals surface area (Å²) >= 11 is 1.55. The van der Waals surface area contributed by atoms with E-state index in [1.54, 1.807) is 11.8 Å². The van der Waals surface area contributed by atoms with Crippen LogP contribution >= 0.6 is 11.8 Å². The van der Waals surface area contributed by atoms with Gasteiger partial charge in [-0.15, -0.1) is 11.8 Å². The molecule has 1 unspecified atom stereocenters. The molecule has 0 radical (unpaired) electrons. The van der Waals surface area contributed by atoms with Crippen LogP contribution in [0.1, 0.15) is 6.42 Å². The summed E-state index contributed by atoms with van der Waals surface area (Å²) in [6.07, 6.45) is -0.543. The molecule has 0 aliphatic rings. The fraction of sp³-hybridized carbons (Fsp3) is 0.188. The van der Waals surface area contributed by atoms with Crippen molar-refractivity contribution >= 4 is 23.4 Å². The molecule has 0 aliphatic heterocycles. The van der Waals surface area contributed by atoms with Gasteiger partial charge in [-0.2, -0.15) is 0 Å². The van der Waals surface area contributed by atoms with E-state index in [0.717, 1.165) is 10.6 Å². The predicted molar refractivity (Wildman–Crippen MR) is 82.9 cm³/mol. The zero-order valence-corrected chi connectivity index (χ0v) is 11.8. The van der Waals surface area contributed by atoms with Gasteiger partial charge in [-0.1, -0.05) is 36.4 Å². The molecule has 2 aromatic carbocycles. The molecule has 20 heavy (non-hydrogen) atoms. The Bertz CT molecular complexity index is 531. The number of para-hydroxylation sites is 1. The summed E-state index contributed by atoms with van der Waals surface area (Å²) in [5.74, 6) is 0.337. The lowest BCUT2D eigenvalue weighted by atomic mass is 10.2. The first-order valence-electron chi connectivity index (χ1n) is 6.45. The minimum Gasteiger partial charge on any atom is -0.392 e. The molecule has 1 atom stereocenters. The first-order chi connectivity index (χ1) is 9.74. The average molecular weight is 287 g/mol. The molecule has 0 aliphatic carbocycles. The van der Waals surface area contributed by atoms with Gasteiger partial charge in [0, 0.05) is 16.3 Å². The highest BCUT2D eigenvalue weighted by Crippen LogP contribution is 2.19. The van der Waals surface area contributed by atoms with Gasteiger partial charge in [-0.25, -0.2) is 0 Å². The van der Waals surface area contributed by atoms with E-state index < -0.39 is 6.10 Å². The Balaban J connectivity index is 1.74. The van der Waals surface area contributed by atoms with Gasteiger partial charge in [-0.05, 0) is 24.3 Å². The lowest BCUT2D eigenvalue weighted by Crippen LogP contribution is -2.21. The van der Waals surface area contributed by atoms with Gasteiger partial charge in [0.25, 0.3) is 0 Å². The van der Waals surface area contributed by atoms with Crippen LogP contribution in [-0.4, -0.2) is 22.9 Å². The van der Waals surface area contributed by atoms with Gasteiger partial charge in [0.2, 0.25) is 5.91 Å². The van der Waals surface area contributed by atoms with E-state index in [2.05, 4.69) is 5.32 Å². The van der Waals surface area contributed by atoms with Crippen molar-refractivity contribution in [3.8, 4) is 0 Å². The van der Waals surface area contributed by atoms with E-state index in [-0.39, 0.29) is 12.3 Å².